The number of benzene rings is 5. The van der Waals surface area contributed by atoms with E-state index in [0.29, 0.717) is 0 Å². The third-order valence-corrected chi connectivity index (χ3v) is 7.06. The first-order valence-electron chi connectivity index (χ1n) is 11.6. The van der Waals surface area contributed by atoms with E-state index in [4.69, 9.17) is 4.98 Å². The topological polar surface area (TPSA) is 22.2 Å². The molecule has 3 aromatic heterocycles. The maximum absolute atomic E-state index is 5.11. The highest BCUT2D eigenvalue weighted by molar-refractivity contribution is 6.21. The average molecular weight is 434 g/mol. The van der Waals surface area contributed by atoms with Gasteiger partial charge in [-0.3, -0.25) is 4.40 Å². The molecular formula is C31H19N3. The molecule has 158 valence electrons. The maximum Gasteiger partial charge on any atom is 0.146 e. The fourth-order valence-electron chi connectivity index (χ4n) is 5.63. The molecule has 0 saturated heterocycles. The van der Waals surface area contributed by atoms with Crippen LogP contribution in [0.3, 0.4) is 0 Å². The van der Waals surface area contributed by atoms with Crippen molar-refractivity contribution in [3.05, 3.63) is 115 Å². The summed E-state index contributed by atoms with van der Waals surface area (Å²) in [7, 11) is 0. The van der Waals surface area contributed by atoms with Gasteiger partial charge in [-0.15, -0.1) is 0 Å². The van der Waals surface area contributed by atoms with Crippen molar-refractivity contribution in [1.82, 2.24) is 14.0 Å². The Bertz CT molecular complexity index is 2060. The fourth-order valence-corrected chi connectivity index (χ4v) is 5.63. The van der Waals surface area contributed by atoms with Crippen LogP contribution in [0, 0.1) is 0 Å². The van der Waals surface area contributed by atoms with E-state index < -0.39 is 0 Å². The van der Waals surface area contributed by atoms with Gasteiger partial charge in [0, 0.05) is 27.2 Å². The Balaban J connectivity index is 1.67. The standard InChI is InChI=1S/C31H19N3/c1-2-10-20(11-3-1)33-27-15-7-5-13-22(27)24-18-23-21-12-4-8-16-28(21)34-29-17-9-6-14-26(29)32-31(34)25(23)19-30(24)33/h1-19H. The van der Waals surface area contributed by atoms with Gasteiger partial charge in [-0.1, -0.05) is 66.7 Å². The minimum atomic E-state index is 1.00. The third-order valence-electron chi connectivity index (χ3n) is 7.06. The minimum Gasteiger partial charge on any atom is -0.309 e. The summed E-state index contributed by atoms with van der Waals surface area (Å²) in [6.45, 7) is 0. The SMILES string of the molecule is c1ccc(-n2c3ccccc3c3cc4c5ccccc5n5c6ccccc6nc5c4cc32)cc1. The molecule has 8 aromatic rings. The third kappa shape index (κ3) is 2.23. The van der Waals surface area contributed by atoms with E-state index in [1.54, 1.807) is 0 Å². The molecule has 0 unspecified atom stereocenters. The molecule has 0 atom stereocenters. The molecule has 3 heterocycles. The Labute approximate surface area is 195 Å². The lowest BCUT2D eigenvalue weighted by Crippen LogP contribution is -1.94. The summed E-state index contributed by atoms with van der Waals surface area (Å²) < 4.78 is 4.69. The molecule has 8 rings (SSSR count). The number of hydrogen-bond acceptors (Lipinski definition) is 1. The number of para-hydroxylation sites is 5. The number of imidazole rings is 1. The summed E-state index contributed by atoms with van der Waals surface area (Å²) in [5.74, 6) is 0. The second-order valence-corrected chi connectivity index (χ2v) is 8.88. The Morgan fingerprint density at radius 1 is 0.441 bits per heavy atom. The molecule has 3 heteroatoms. The van der Waals surface area contributed by atoms with Crippen LogP contribution in [0.5, 0.6) is 0 Å². The van der Waals surface area contributed by atoms with E-state index in [1.165, 1.54) is 49.2 Å². The monoisotopic (exact) mass is 433 g/mol. The van der Waals surface area contributed by atoms with Gasteiger partial charge in [-0.2, -0.15) is 0 Å². The predicted octanol–water partition coefficient (Wildman–Crippen LogP) is 7.89. The van der Waals surface area contributed by atoms with Crippen LogP contribution in [0.1, 0.15) is 0 Å². The number of hydrogen-bond donors (Lipinski definition) is 0. The van der Waals surface area contributed by atoms with Crippen molar-refractivity contribution < 1.29 is 0 Å². The van der Waals surface area contributed by atoms with E-state index in [9.17, 15) is 0 Å². The summed E-state index contributed by atoms with van der Waals surface area (Å²) >= 11 is 0. The first-order valence-corrected chi connectivity index (χ1v) is 11.6. The zero-order chi connectivity index (χ0) is 22.2. The van der Waals surface area contributed by atoms with Crippen LogP contribution in [0.15, 0.2) is 115 Å². The van der Waals surface area contributed by atoms with E-state index in [0.717, 1.165) is 16.7 Å². The summed E-state index contributed by atoms with van der Waals surface area (Å²) in [6, 6.07) is 41.1. The van der Waals surface area contributed by atoms with Crippen molar-refractivity contribution in [2.24, 2.45) is 0 Å². The summed E-state index contributed by atoms with van der Waals surface area (Å²) in [4.78, 5) is 5.11. The van der Waals surface area contributed by atoms with Crippen LogP contribution < -0.4 is 0 Å². The molecule has 0 bridgehead atoms. The molecule has 0 radical (unpaired) electrons. The maximum atomic E-state index is 5.11. The van der Waals surface area contributed by atoms with Crippen LogP contribution in [0.4, 0.5) is 0 Å². The predicted molar refractivity (Wildman–Crippen MR) is 142 cm³/mol. The minimum absolute atomic E-state index is 1.00. The first-order chi connectivity index (χ1) is 16.9. The molecule has 0 N–H and O–H groups in total. The molecule has 0 spiro atoms. The van der Waals surface area contributed by atoms with Crippen molar-refractivity contribution >= 4 is 60.2 Å². The number of rotatable bonds is 1. The average Bonchev–Trinajstić information content (AvgIpc) is 3.45. The van der Waals surface area contributed by atoms with Crippen LogP contribution >= 0.6 is 0 Å². The Morgan fingerprint density at radius 3 is 1.91 bits per heavy atom. The van der Waals surface area contributed by atoms with Crippen molar-refractivity contribution in [1.29, 1.82) is 0 Å². The number of pyridine rings is 1. The normalized spacial score (nSPS) is 12.1. The number of fused-ring (bicyclic) bond motifs is 11. The summed E-state index contributed by atoms with van der Waals surface area (Å²) in [5, 5.41) is 6.18. The van der Waals surface area contributed by atoms with Gasteiger partial charge in [0.15, 0.2) is 0 Å². The highest BCUT2D eigenvalue weighted by atomic mass is 15.0. The van der Waals surface area contributed by atoms with E-state index in [1.807, 2.05) is 0 Å². The van der Waals surface area contributed by atoms with Crippen LogP contribution in [0.2, 0.25) is 0 Å². The molecule has 5 aromatic carbocycles. The lowest BCUT2D eigenvalue weighted by Gasteiger charge is -2.11. The highest BCUT2D eigenvalue weighted by Crippen LogP contribution is 2.39. The van der Waals surface area contributed by atoms with E-state index in [2.05, 4.69) is 124 Å². The van der Waals surface area contributed by atoms with Crippen LogP contribution in [-0.2, 0) is 0 Å². The van der Waals surface area contributed by atoms with E-state index in [-0.39, 0.29) is 0 Å². The molecule has 0 amide bonds. The Morgan fingerprint density at radius 2 is 1.09 bits per heavy atom. The van der Waals surface area contributed by atoms with Gasteiger partial charge in [-0.25, -0.2) is 4.98 Å². The Kier molecular flexibility index (Phi) is 3.39. The van der Waals surface area contributed by atoms with Gasteiger partial charge in [0.05, 0.1) is 27.6 Å². The van der Waals surface area contributed by atoms with Gasteiger partial charge >= 0.3 is 0 Å². The number of aromatic nitrogens is 3. The molecule has 34 heavy (non-hydrogen) atoms. The van der Waals surface area contributed by atoms with Gasteiger partial charge < -0.3 is 4.57 Å². The van der Waals surface area contributed by atoms with Crippen molar-refractivity contribution in [2.45, 2.75) is 0 Å². The number of nitrogens with zero attached hydrogens (tertiary/aromatic N) is 3. The van der Waals surface area contributed by atoms with Crippen LogP contribution in [-0.4, -0.2) is 14.0 Å². The fraction of sp³-hybridized carbons (Fsp3) is 0. The van der Waals surface area contributed by atoms with Gasteiger partial charge in [-0.05, 0) is 53.9 Å². The molecular weight excluding hydrogens is 414 g/mol. The van der Waals surface area contributed by atoms with Gasteiger partial charge in [0.2, 0.25) is 0 Å². The second kappa shape index (κ2) is 6.46. The smallest absolute Gasteiger partial charge is 0.146 e. The molecule has 0 aliphatic carbocycles. The van der Waals surface area contributed by atoms with E-state index >= 15 is 0 Å². The molecule has 0 aliphatic rings. The van der Waals surface area contributed by atoms with Crippen molar-refractivity contribution in [3.8, 4) is 5.69 Å². The summed E-state index contributed by atoms with van der Waals surface area (Å²) in [6.07, 6.45) is 0. The van der Waals surface area contributed by atoms with Crippen molar-refractivity contribution in [3.63, 3.8) is 0 Å². The largest absolute Gasteiger partial charge is 0.309 e. The molecule has 0 saturated carbocycles. The molecule has 3 nitrogen and oxygen atoms in total. The van der Waals surface area contributed by atoms with Gasteiger partial charge in [0.25, 0.3) is 0 Å². The lowest BCUT2D eigenvalue weighted by molar-refractivity contribution is 1.18. The quantitative estimate of drug-likeness (QED) is 0.241. The summed E-state index contributed by atoms with van der Waals surface area (Å²) in [5.41, 5.74) is 7.92. The second-order valence-electron chi connectivity index (χ2n) is 8.88. The van der Waals surface area contributed by atoms with Crippen molar-refractivity contribution in [2.75, 3.05) is 0 Å². The first kappa shape index (κ1) is 17.9. The zero-order valence-corrected chi connectivity index (χ0v) is 18.3. The molecule has 0 aliphatic heterocycles. The van der Waals surface area contributed by atoms with Crippen LogP contribution in [0.25, 0.3) is 65.8 Å². The molecule has 0 fully saturated rings. The Hall–Kier alpha value is -4.63. The zero-order valence-electron chi connectivity index (χ0n) is 18.3. The lowest BCUT2D eigenvalue weighted by atomic mass is 10.0. The highest BCUT2D eigenvalue weighted by Gasteiger charge is 2.18. The van der Waals surface area contributed by atoms with Gasteiger partial charge in [0.1, 0.15) is 5.65 Å².